The van der Waals surface area contributed by atoms with E-state index in [0.717, 1.165) is 9.88 Å². The van der Waals surface area contributed by atoms with Crippen LogP contribution in [0.5, 0.6) is 5.75 Å². The van der Waals surface area contributed by atoms with E-state index in [0.29, 0.717) is 5.75 Å². The maximum Gasteiger partial charge on any atom is 0.321 e. The van der Waals surface area contributed by atoms with Gasteiger partial charge in [0.15, 0.2) is 0 Å². The molecule has 1 aliphatic heterocycles. The van der Waals surface area contributed by atoms with Crippen molar-refractivity contribution in [2.75, 3.05) is 0 Å². The quantitative estimate of drug-likeness (QED) is 0.849. The first-order valence-electron chi connectivity index (χ1n) is 4.22. The second kappa shape index (κ2) is 3.91. The number of hydrogen-bond donors (Lipinski definition) is 1. The minimum absolute atomic E-state index is 0.0787. The SMILES string of the molecule is NC1=CS(=O)(=O)C(Oc2cccc(Br)c2)=N1. The van der Waals surface area contributed by atoms with E-state index in [1.165, 1.54) is 0 Å². The van der Waals surface area contributed by atoms with E-state index in [2.05, 4.69) is 20.9 Å². The Morgan fingerprint density at radius 1 is 1.38 bits per heavy atom. The van der Waals surface area contributed by atoms with Crippen LogP contribution in [0.2, 0.25) is 0 Å². The van der Waals surface area contributed by atoms with E-state index in [1.54, 1.807) is 24.3 Å². The van der Waals surface area contributed by atoms with Gasteiger partial charge in [0.05, 0.1) is 5.41 Å². The van der Waals surface area contributed by atoms with Gasteiger partial charge in [0, 0.05) is 4.47 Å². The van der Waals surface area contributed by atoms with Crippen molar-refractivity contribution in [3.8, 4) is 5.75 Å². The molecular formula is C9H7BrN2O3S. The van der Waals surface area contributed by atoms with Crippen LogP contribution in [0.3, 0.4) is 0 Å². The molecular weight excluding hydrogens is 296 g/mol. The van der Waals surface area contributed by atoms with Gasteiger partial charge in [-0.05, 0) is 18.2 Å². The molecule has 2 N–H and O–H groups in total. The zero-order valence-electron chi connectivity index (χ0n) is 7.92. The Morgan fingerprint density at radius 2 is 2.12 bits per heavy atom. The number of benzene rings is 1. The van der Waals surface area contributed by atoms with E-state index in [1.807, 2.05) is 0 Å². The van der Waals surface area contributed by atoms with Gasteiger partial charge in [-0.3, -0.25) is 0 Å². The Hall–Kier alpha value is -1.34. The molecule has 0 aliphatic carbocycles. The topological polar surface area (TPSA) is 81.8 Å². The fraction of sp³-hybridized carbons (Fsp3) is 0. The third-order valence-corrected chi connectivity index (χ3v) is 3.45. The first kappa shape index (κ1) is 11.2. The van der Waals surface area contributed by atoms with Crippen LogP contribution in [0.1, 0.15) is 0 Å². The summed E-state index contributed by atoms with van der Waals surface area (Å²) in [5.41, 5.74) is 5.29. The van der Waals surface area contributed by atoms with Gasteiger partial charge in [-0.1, -0.05) is 22.0 Å². The molecule has 0 radical (unpaired) electrons. The number of rotatable bonds is 1. The van der Waals surface area contributed by atoms with Gasteiger partial charge in [0.25, 0.3) is 9.84 Å². The van der Waals surface area contributed by atoms with E-state index in [-0.39, 0.29) is 5.82 Å². The van der Waals surface area contributed by atoms with Crippen molar-refractivity contribution in [1.82, 2.24) is 0 Å². The highest BCUT2D eigenvalue weighted by Crippen LogP contribution is 2.20. The molecule has 84 valence electrons. The normalized spacial score (nSPS) is 17.8. The summed E-state index contributed by atoms with van der Waals surface area (Å²) in [7, 11) is -3.62. The minimum Gasteiger partial charge on any atom is -0.430 e. The van der Waals surface area contributed by atoms with Crippen LogP contribution in [0, 0.1) is 0 Å². The molecule has 1 aromatic carbocycles. The summed E-state index contributed by atoms with van der Waals surface area (Å²) >= 11 is 3.24. The molecule has 0 amide bonds. The molecule has 0 aromatic heterocycles. The molecule has 0 atom stereocenters. The number of halogens is 1. The van der Waals surface area contributed by atoms with Crippen LogP contribution in [0.25, 0.3) is 0 Å². The highest BCUT2D eigenvalue weighted by molar-refractivity contribution is 9.10. The van der Waals surface area contributed by atoms with E-state index < -0.39 is 15.1 Å². The predicted molar refractivity (Wildman–Crippen MR) is 63.4 cm³/mol. The lowest BCUT2D eigenvalue weighted by atomic mass is 10.3. The van der Waals surface area contributed by atoms with Gasteiger partial charge in [0.2, 0.25) is 0 Å². The Kier molecular flexibility index (Phi) is 2.73. The molecule has 1 heterocycles. The van der Waals surface area contributed by atoms with Crippen LogP contribution < -0.4 is 10.5 Å². The standard InChI is InChI=1S/C9H7BrN2O3S/c10-6-2-1-3-7(4-6)15-9-12-8(11)5-16(9,13)14/h1-5H,11H2. The van der Waals surface area contributed by atoms with Crippen LogP contribution in [0.15, 0.2) is 45.0 Å². The molecule has 0 saturated carbocycles. The van der Waals surface area contributed by atoms with Crippen molar-refractivity contribution < 1.29 is 13.2 Å². The third kappa shape index (κ3) is 2.25. The predicted octanol–water partition coefficient (Wildman–Crippen LogP) is 1.37. The molecule has 0 saturated heterocycles. The fourth-order valence-corrected chi connectivity index (χ4v) is 2.41. The van der Waals surface area contributed by atoms with Gasteiger partial charge >= 0.3 is 5.23 Å². The largest absolute Gasteiger partial charge is 0.430 e. The summed E-state index contributed by atoms with van der Waals surface area (Å²) in [6, 6.07) is 6.77. The van der Waals surface area contributed by atoms with E-state index in [4.69, 9.17) is 10.5 Å². The molecule has 0 unspecified atom stereocenters. The van der Waals surface area contributed by atoms with Crippen molar-refractivity contribution in [2.24, 2.45) is 10.7 Å². The minimum atomic E-state index is -3.62. The highest BCUT2D eigenvalue weighted by atomic mass is 79.9. The lowest BCUT2D eigenvalue weighted by Crippen LogP contribution is -2.16. The Morgan fingerprint density at radius 3 is 2.69 bits per heavy atom. The lowest BCUT2D eigenvalue weighted by Gasteiger charge is -2.03. The number of nitrogens with two attached hydrogens (primary N) is 1. The Bertz CT molecular complexity index is 593. The summed E-state index contributed by atoms with van der Waals surface area (Å²) in [6.07, 6.45) is 0. The number of aliphatic imine (C=N–C) groups is 1. The van der Waals surface area contributed by atoms with Gasteiger partial charge in [-0.2, -0.15) is 4.99 Å². The average Bonchev–Trinajstić information content (AvgIpc) is 2.39. The first-order valence-corrected chi connectivity index (χ1v) is 6.56. The van der Waals surface area contributed by atoms with Crippen molar-refractivity contribution in [2.45, 2.75) is 0 Å². The molecule has 7 heteroatoms. The van der Waals surface area contributed by atoms with Gasteiger partial charge in [-0.15, -0.1) is 0 Å². The molecule has 16 heavy (non-hydrogen) atoms. The monoisotopic (exact) mass is 302 g/mol. The summed E-state index contributed by atoms with van der Waals surface area (Å²) in [6.45, 7) is 0. The van der Waals surface area contributed by atoms with Crippen molar-refractivity contribution in [3.05, 3.63) is 40.0 Å². The van der Waals surface area contributed by atoms with Crippen molar-refractivity contribution in [3.63, 3.8) is 0 Å². The molecule has 2 rings (SSSR count). The molecule has 0 spiro atoms. The molecule has 0 fully saturated rings. The Balaban J connectivity index is 2.28. The average molecular weight is 303 g/mol. The number of sulfone groups is 1. The van der Waals surface area contributed by atoms with Crippen LogP contribution in [-0.4, -0.2) is 13.6 Å². The summed E-state index contributed by atoms with van der Waals surface area (Å²) < 4.78 is 28.8. The van der Waals surface area contributed by atoms with Gasteiger partial charge in [-0.25, -0.2) is 8.42 Å². The maximum atomic E-state index is 11.4. The van der Waals surface area contributed by atoms with Crippen LogP contribution in [0.4, 0.5) is 0 Å². The fourth-order valence-electron chi connectivity index (χ4n) is 1.12. The molecule has 1 aliphatic rings. The second-order valence-electron chi connectivity index (χ2n) is 3.02. The Labute approximate surface area is 101 Å². The van der Waals surface area contributed by atoms with E-state index >= 15 is 0 Å². The smallest absolute Gasteiger partial charge is 0.321 e. The molecule has 5 nitrogen and oxygen atoms in total. The summed E-state index contributed by atoms with van der Waals surface area (Å²) in [5.74, 6) is 0.296. The first-order chi connectivity index (χ1) is 7.47. The third-order valence-electron chi connectivity index (χ3n) is 1.74. The van der Waals surface area contributed by atoms with E-state index in [9.17, 15) is 8.42 Å². The zero-order valence-corrected chi connectivity index (χ0v) is 10.3. The van der Waals surface area contributed by atoms with Gasteiger partial charge < -0.3 is 10.5 Å². The maximum absolute atomic E-state index is 11.4. The number of hydrogen-bond acceptors (Lipinski definition) is 5. The summed E-state index contributed by atoms with van der Waals surface area (Å²) in [4.78, 5) is 3.60. The highest BCUT2D eigenvalue weighted by Gasteiger charge is 2.26. The molecule has 0 bridgehead atoms. The number of ether oxygens (including phenoxy) is 1. The van der Waals surface area contributed by atoms with Crippen LogP contribution in [-0.2, 0) is 9.84 Å². The molecule has 1 aromatic rings. The van der Waals surface area contributed by atoms with Crippen molar-refractivity contribution >= 4 is 31.0 Å². The van der Waals surface area contributed by atoms with Crippen LogP contribution >= 0.6 is 15.9 Å². The zero-order chi connectivity index (χ0) is 11.8. The van der Waals surface area contributed by atoms with Gasteiger partial charge in [0.1, 0.15) is 11.6 Å². The van der Waals surface area contributed by atoms with Crippen molar-refractivity contribution in [1.29, 1.82) is 0 Å². The number of nitrogens with zero attached hydrogens (tertiary/aromatic N) is 1. The summed E-state index contributed by atoms with van der Waals surface area (Å²) in [5, 5.41) is 0.462. The second-order valence-corrected chi connectivity index (χ2v) is 5.62. The lowest BCUT2D eigenvalue weighted by molar-refractivity contribution is 0.549.